The lowest BCUT2D eigenvalue weighted by molar-refractivity contribution is -0.119. The Kier molecular flexibility index (Phi) is 7.75. The van der Waals surface area contributed by atoms with Gasteiger partial charge in [-0.05, 0) is 57.5 Å². The molecular formula is C24H26Cl2N4O3S. The van der Waals surface area contributed by atoms with Crippen LogP contribution in [0.2, 0.25) is 10.0 Å². The number of halogens is 2. The Hall–Kier alpha value is -2.81. The van der Waals surface area contributed by atoms with E-state index in [2.05, 4.69) is 10.5 Å². The normalized spacial score (nSPS) is 11.7. The minimum atomic E-state index is -3.68. The van der Waals surface area contributed by atoms with Crippen LogP contribution in [0, 0.1) is 27.7 Å². The highest BCUT2D eigenvalue weighted by molar-refractivity contribution is 7.92. The van der Waals surface area contributed by atoms with Crippen molar-refractivity contribution in [2.75, 3.05) is 17.1 Å². The number of rotatable bonds is 7. The summed E-state index contributed by atoms with van der Waals surface area (Å²) in [5.74, 6) is -0.562. The van der Waals surface area contributed by atoms with E-state index >= 15 is 0 Å². The molecule has 0 aliphatic rings. The second-order valence-corrected chi connectivity index (χ2v) is 10.8. The molecule has 0 aliphatic carbocycles. The molecule has 34 heavy (non-hydrogen) atoms. The van der Waals surface area contributed by atoms with Crippen LogP contribution in [0.15, 0.2) is 47.6 Å². The highest BCUT2D eigenvalue weighted by Gasteiger charge is 2.22. The number of aromatic nitrogens is 1. The van der Waals surface area contributed by atoms with Crippen molar-refractivity contribution in [2.24, 2.45) is 5.10 Å². The van der Waals surface area contributed by atoms with E-state index in [4.69, 9.17) is 23.2 Å². The summed E-state index contributed by atoms with van der Waals surface area (Å²) in [6, 6.07) is 12.7. The average Bonchev–Trinajstić information content (AvgIpc) is 3.01. The van der Waals surface area contributed by atoms with E-state index in [1.54, 1.807) is 25.1 Å². The number of hydrogen-bond donors (Lipinski definition) is 1. The minimum absolute atomic E-state index is 0.392. The predicted molar refractivity (Wildman–Crippen MR) is 139 cm³/mol. The maximum absolute atomic E-state index is 12.5. The van der Waals surface area contributed by atoms with Gasteiger partial charge in [-0.15, -0.1) is 0 Å². The van der Waals surface area contributed by atoms with Gasteiger partial charge in [-0.25, -0.2) is 13.8 Å². The maximum atomic E-state index is 12.5. The topological polar surface area (TPSA) is 83.8 Å². The molecule has 0 atom stereocenters. The quantitative estimate of drug-likeness (QED) is 0.353. The van der Waals surface area contributed by atoms with Crippen LogP contribution in [0.4, 0.5) is 5.69 Å². The molecule has 2 aromatic carbocycles. The van der Waals surface area contributed by atoms with E-state index in [1.807, 2.05) is 49.6 Å². The van der Waals surface area contributed by atoms with Crippen LogP contribution < -0.4 is 9.73 Å². The monoisotopic (exact) mass is 520 g/mol. The Balaban J connectivity index is 1.79. The molecule has 0 unspecified atom stereocenters. The highest BCUT2D eigenvalue weighted by Crippen LogP contribution is 2.31. The fourth-order valence-electron chi connectivity index (χ4n) is 3.76. The van der Waals surface area contributed by atoms with E-state index in [0.29, 0.717) is 15.7 Å². The first-order valence-corrected chi connectivity index (χ1v) is 13.0. The first kappa shape index (κ1) is 25.8. The number of carbonyl (C=O) groups excluding carboxylic acids is 1. The Labute approximate surface area is 210 Å². The van der Waals surface area contributed by atoms with Crippen LogP contribution in [0.3, 0.4) is 0 Å². The van der Waals surface area contributed by atoms with Crippen molar-refractivity contribution in [2.45, 2.75) is 27.7 Å². The molecule has 0 fully saturated rings. The number of nitrogens with zero attached hydrogens (tertiary/aromatic N) is 3. The molecule has 1 heterocycles. The Morgan fingerprint density at radius 2 is 1.82 bits per heavy atom. The standard InChI is InChI=1S/C24H26Cl2N4O3S/c1-15-9-10-21(16(2)11-15)29(34(5,32)33)14-23(31)28-27-13-19-12-17(3)30(18(19)4)22-8-6-7-20(25)24(22)26/h6-13H,14H2,1-5H3,(H,28,31)/b27-13-. The number of carbonyl (C=O) groups is 1. The number of amides is 1. The molecule has 10 heteroatoms. The first-order valence-electron chi connectivity index (χ1n) is 10.4. The third-order valence-electron chi connectivity index (χ3n) is 5.34. The smallest absolute Gasteiger partial charge is 0.260 e. The second-order valence-electron chi connectivity index (χ2n) is 8.09. The molecule has 1 aromatic heterocycles. The van der Waals surface area contributed by atoms with Crippen LogP contribution in [0.5, 0.6) is 0 Å². The van der Waals surface area contributed by atoms with Gasteiger partial charge in [0.25, 0.3) is 5.91 Å². The van der Waals surface area contributed by atoms with Crippen LogP contribution >= 0.6 is 23.2 Å². The predicted octanol–water partition coefficient (Wildman–Crippen LogP) is 4.93. The third kappa shape index (κ3) is 5.63. The number of hydrogen-bond acceptors (Lipinski definition) is 4. The zero-order valence-corrected chi connectivity index (χ0v) is 21.9. The van der Waals surface area contributed by atoms with Crippen molar-refractivity contribution in [1.29, 1.82) is 0 Å². The fraction of sp³-hybridized carbons (Fsp3) is 0.250. The number of aryl methyl sites for hydroxylation is 3. The number of benzene rings is 2. The number of anilines is 1. The van der Waals surface area contributed by atoms with Gasteiger partial charge in [-0.1, -0.05) is 47.0 Å². The SMILES string of the molecule is Cc1ccc(N(CC(=O)N/N=C\c2cc(C)n(-c3cccc(Cl)c3Cl)c2C)S(C)(=O)=O)c(C)c1. The summed E-state index contributed by atoms with van der Waals surface area (Å²) in [6.07, 6.45) is 2.58. The number of hydrazone groups is 1. The summed E-state index contributed by atoms with van der Waals surface area (Å²) in [5, 5.41) is 4.93. The van der Waals surface area contributed by atoms with E-state index < -0.39 is 22.5 Å². The Bertz CT molecular complexity index is 1380. The van der Waals surface area contributed by atoms with Gasteiger partial charge in [0.05, 0.1) is 33.9 Å². The molecule has 1 amide bonds. The first-order chi connectivity index (χ1) is 15.9. The largest absolute Gasteiger partial charge is 0.316 e. The molecule has 180 valence electrons. The zero-order chi connectivity index (χ0) is 25.2. The maximum Gasteiger partial charge on any atom is 0.260 e. The summed E-state index contributed by atoms with van der Waals surface area (Å²) in [6.45, 7) is 7.16. The van der Waals surface area contributed by atoms with Crippen molar-refractivity contribution in [3.05, 3.63) is 80.6 Å². The Morgan fingerprint density at radius 1 is 1.12 bits per heavy atom. The molecule has 0 aliphatic heterocycles. The summed E-state index contributed by atoms with van der Waals surface area (Å²) in [4.78, 5) is 12.5. The molecule has 0 radical (unpaired) electrons. The van der Waals surface area contributed by atoms with Crippen molar-refractivity contribution < 1.29 is 13.2 Å². The zero-order valence-electron chi connectivity index (χ0n) is 19.6. The van der Waals surface area contributed by atoms with Gasteiger partial charge < -0.3 is 4.57 Å². The van der Waals surface area contributed by atoms with Gasteiger partial charge in [0, 0.05) is 17.0 Å². The molecule has 7 nitrogen and oxygen atoms in total. The summed E-state index contributed by atoms with van der Waals surface area (Å²) in [5.41, 5.74) is 7.90. The average molecular weight is 521 g/mol. The van der Waals surface area contributed by atoms with Gasteiger partial charge in [-0.3, -0.25) is 9.10 Å². The van der Waals surface area contributed by atoms with E-state index in [9.17, 15) is 13.2 Å². The molecular weight excluding hydrogens is 495 g/mol. The van der Waals surface area contributed by atoms with Crippen molar-refractivity contribution >= 4 is 51.0 Å². The van der Waals surface area contributed by atoms with Gasteiger partial charge in [0.1, 0.15) is 6.54 Å². The van der Waals surface area contributed by atoms with E-state index in [1.165, 1.54) is 6.21 Å². The van der Waals surface area contributed by atoms with E-state index in [-0.39, 0.29) is 0 Å². The molecule has 3 rings (SSSR count). The highest BCUT2D eigenvalue weighted by atomic mass is 35.5. The summed E-state index contributed by atoms with van der Waals surface area (Å²) >= 11 is 12.5. The van der Waals surface area contributed by atoms with Crippen LogP contribution in [0.25, 0.3) is 5.69 Å². The summed E-state index contributed by atoms with van der Waals surface area (Å²) < 4.78 is 27.7. The third-order valence-corrected chi connectivity index (χ3v) is 7.28. The van der Waals surface area contributed by atoms with Crippen LogP contribution in [-0.2, 0) is 14.8 Å². The van der Waals surface area contributed by atoms with Gasteiger partial charge in [-0.2, -0.15) is 5.10 Å². The van der Waals surface area contributed by atoms with Crippen molar-refractivity contribution in [1.82, 2.24) is 9.99 Å². The number of sulfonamides is 1. The van der Waals surface area contributed by atoms with Gasteiger partial charge >= 0.3 is 0 Å². The number of nitrogens with one attached hydrogen (secondary N) is 1. The fourth-order valence-corrected chi connectivity index (χ4v) is 5.05. The molecule has 3 aromatic rings. The van der Waals surface area contributed by atoms with Gasteiger partial charge in [0.2, 0.25) is 10.0 Å². The summed E-state index contributed by atoms with van der Waals surface area (Å²) in [7, 11) is -3.68. The van der Waals surface area contributed by atoms with Gasteiger partial charge in [0.15, 0.2) is 0 Å². The Morgan fingerprint density at radius 3 is 2.47 bits per heavy atom. The van der Waals surface area contributed by atoms with Crippen molar-refractivity contribution in [3.8, 4) is 5.69 Å². The second kappa shape index (κ2) is 10.2. The van der Waals surface area contributed by atoms with Crippen LogP contribution in [-0.4, -0.2) is 37.9 Å². The minimum Gasteiger partial charge on any atom is -0.316 e. The lowest BCUT2D eigenvalue weighted by atomic mass is 10.1. The lowest BCUT2D eigenvalue weighted by Gasteiger charge is -2.23. The van der Waals surface area contributed by atoms with E-state index in [0.717, 1.165) is 44.3 Å². The molecule has 0 saturated heterocycles. The lowest BCUT2D eigenvalue weighted by Crippen LogP contribution is -2.39. The molecule has 0 bridgehead atoms. The molecule has 1 N–H and O–H groups in total. The molecule has 0 saturated carbocycles. The van der Waals surface area contributed by atoms with Crippen LogP contribution in [0.1, 0.15) is 28.1 Å². The molecule has 0 spiro atoms. The van der Waals surface area contributed by atoms with Crippen molar-refractivity contribution in [3.63, 3.8) is 0 Å².